The zero-order chi connectivity index (χ0) is 13.1. The summed E-state index contributed by atoms with van der Waals surface area (Å²) < 4.78 is 6.16. The van der Waals surface area contributed by atoms with E-state index < -0.39 is 5.97 Å². The predicted octanol–water partition coefficient (Wildman–Crippen LogP) is 3.91. The van der Waals surface area contributed by atoms with Gasteiger partial charge in [0.1, 0.15) is 0 Å². The van der Waals surface area contributed by atoms with Gasteiger partial charge in [-0.15, -0.1) is 0 Å². The summed E-state index contributed by atoms with van der Waals surface area (Å²) in [6, 6.07) is 11.0. The minimum absolute atomic E-state index is 0.0332. The second-order valence-corrected chi connectivity index (χ2v) is 4.80. The number of anilines is 1. The number of furan rings is 1. The fourth-order valence-corrected chi connectivity index (χ4v) is 1.84. The van der Waals surface area contributed by atoms with E-state index in [0.29, 0.717) is 5.88 Å². The number of benzene rings is 1. The van der Waals surface area contributed by atoms with E-state index in [-0.39, 0.29) is 11.8 Å². The highest BCUT2D eigenvalue weighted by molar-refractivity contribution is 9.10. The standard InChI is InChI=1S/C13H12BrNO3/c1-8(9-2-4-10(14)5-3-9)15-12-7-6-11(18-12)13(16)17/h2-8,15H,1H3,(H,16,17). The number of aromatic carboxylic acids is 1. The molecule has 1 aromatic carbocycles. The number of halogens is 1. The molecule has 0 amide bonds. The van der Waals surface area contributed by atoms with Crippen LogP contribution in [-0.4, -0.2) is 11.1 Å². The van der Waals surface area contributed by atoms with Crippen molar-refractivity contribution in [2.45, 2.75) is 13.0 Å². The first-order chi connectivity index (χ1) is 8.56. The number of rotatable bonds is 4. The summed E-state index contributed by atoms with van der Waals surface area (Å²) in [5, 5.41) is 11.9. The van der Waals surface area contributed by atoms with Crippen molar-refractivity contribution in [3.63, 3.8) is 0 Å². The average Bonchev–Trinajstić information content (AvgIpc) is 2.78. The number of carboxylic acid groups (broad SMARTS) is 1. The molecule has 2 aromatic rings. The third-order valence-electron chi connectivity index (χ3n) is 2.55. The van der Waals surface area contributed by atoms with Gasteiger partial charge in [-0.25, -0.2) is 4.79 Å². The lowest BCUT2D eigenvalue weighted by molar-refractivity contribution is 0.0663. The smallest absolute Gasteiger partial charge is 0.371 e. The van der Waals surface area contributed by atoms with Crippen LogP contribution in [0.25, 0.3) is 0 Å². The zero-order valence-electron chi connectivity index (χ0n) is 9.68. The SMILES string of the molecule is CC(Nc1ccc(C(=O)O)o1)c1ccc(Br)cc1. The van der Waals surface area contributed by atoms with Crippen molar-refractivity contribution in [2.24, 2.45) is 0 Å². The minimum Gasteiger partial charge on any atom is -0.475 e. The van der Waals surface area contributed by atoms with Gasteiger partial charge >= 0.3 is 5.97 Å². The van der Waals surface area contributed by atoms with E-state index in [0.717, 1.165) is 10.0 Å². The Morgan fingerprint density at radius 2 is 1.94 bits per heavy atom. The van der Waals surface area contributed by atoms with Crippen LogP contribution in [0.3, 0.4) is 0 Å². The molecule has 4 nitrogen and oxygen atoms in total. The van der Waals surface area contributed by atoms with Crippen molar-refractivity contribution in [1.29, 1.82) is 0 Å². The molecule has 0 saturated heterocycles. The van der Waals surface area contributed by atoms with Gasteiger partial charge in [-0.3, -0.25) is 0 Å². The van der Waals surface area contributed by atoms with Crippen LogP contribution < -0.4 is 5.32 Å². The average molecular weight is 310 g/mol. The Hall–Kier alpha value is -1.75. The van der Waals surface area contributed by atoms with Crippen LogP contribution in [-0.2, 0) is 0 Å². The van der Waals surface area contributed by atoms with Crippen molar-refractivity contribution in [1.82, 2.24) is 0 Å². The summed E-state index contributed by atoms with van der Waals surface area (Å²) in [6.07, 6.45) is 0. The fourth-order valence-electron chi connectivity index (χ4n) is 1.58. The summed E-state index contributed by atoms with van der Waals surface area (Å²) in [5.74, 6) is -0.692. The fraction of sp³-hybridized carbons (Fsp3) is 0.154. The molecule has 1 heterocycles. The Morgan fingerprint density at radius 1 is 1.28 bits per heavy atom. The van der Waals surface area contributed by atoms with E-state index in [1.807, 2.05) is 31.2 Å². The van der Waals surface area contributed by atoms with Crippen LogP contribution in [0.15, 0.2) is 45.3 Å². The molecular formula is C13H12BrNO3. The zero-order valence-corrected chi connectivity index (χ0v) is 11.3. The van der Waals surface area contributed by atoms with E-state index in [2.05, 4.69) is 21.2 Å². The summed E-state index contributed by atoms with van der Waals surface area (Å²) in [6.45, 7) is 1.98. The first-order valence-corrected chi connectivity index (χ1v) is 6.20. The van der Waals surface area contributed by atoms with Crippen LogP contribution in [0.4, 0.5) is 5.88 Å². The summed E-state index contributed by atoms with van der Waals surface area (Å²) in [7, 11) is 0. The van der Waals surface area contributed by atoms with Gasteiger partial charge in [0.25, 0.3) is 0 Å². The molecule has 0 bridgehead atoms. The first kappa shape index (κ1) is 12.7. The summed E-state index contributed by atoms with van der Waals surface area (Å²) in [4.78, 5) is 10.7. The van der Waals surface area contributed by atoms with E-state index in [1.165, 1.54) is 6.07 Å². The quantitative estimate of drug-likeness (QED) is 0.898. The molecule has 18 heavy (non-hydrogen) atoms. The number of carbonyl (C=O) groups is 1. The van der Waals surface area contributed by atoms with Crippen LogP contribution in [0, 0.1) is 0 Å². The van der Waals surface area contributed by atoms with Gasteiger partial charge in [0.2, 0.25) is 5.76 Å². The van der Waals surface area contributed by atoms with Gasteiger partial charge < -0.3 is 14.8 Å². The van der Waals surface area contributed by atoms with Gasteiger partial charge in [0.15, 0.2) is 5.88 Å². The van der Waals surface area contributed by atoms with Crippen molar-refractivity contribution in [2.75, 3.05) is 5.32 Å². The number of carboxylic acids is 1. The molecule has 1 aromatic heterocycles. The maximum atomic E-state index is 10.7. The molecule has 0 fully saturated rings. The molecule has 0 aliphatic rings. The molecule has 0 aliphatic heterocycles. The largest absolute Gasteiger partial charge is 0.475 e. The van der Waals surface area contributed by atoms with Gasteiger partial charge in [-0.05, 0) is 30.7 Å². The molecule has 0 radical (unpaired) electrons. The van der Waals surface area contributed by atoms with Crippen LogP contribution in [0.5, 0.6) is 0 Å². The molecule has 2 rings (SSSR count). The Kier molecular flexibility index (Phi) is 3.72. The van der Waals surface area contributed by atoms with E-state index >= 15 is 0 Å². The van der Waals surface area contributed by atoms with Crippen molar-refractivity contribution < 1.29 is 14.3 Å². The monoisotopic (exact) mass is 309 g/mol. The van der Waals surface area contributed by atoms with E-state index in [9.17, 15) is 4.79 Å². The Bertz CT molecular complexity index is 548. The van der Waals surface area contributed by atoms with Gasteiger partial charge in [0.05, 0.1) is 6.04 Å². The Labute approximate surface area is 113 Å². The first-order valence-electron chi connectivity index (χ1n) is 5.41. The molecule has 2 N–H and O–H groups in total. The lowest BCUT2D eigenvalue weighted by atomic mass is 10.1. The normalized spacial score (nSPS) is 12.1. The van der Waals surface area contributed by atoms with Crippen LogP contribution in [0.2, 0.25) is 0 Å². The lowest BCUT2D eigenvalue weighted by Gasteiger charge is -2.13. The van der Waals surface area contributed by atoms with Gasteiger partial charge in [0, 0.05) is 10.5 Å². The van der Waals surface area contributed by atoms with Crippen molar-refractivity contribution >= 4 is 27.8 Å². The molecule has 94 valence electrons. The summed E-state index contributed by atoms with van der Waals surface area (Å²) >= 11 is 3.38. The van der Waals surface area contributed by atoms with Crippen molar-refractivity contribution in [3.8, 4) is 0 Å². The van der Waals surface area contributed by atoms with E-state index in [4.69, 9.17) is 9.52 Å². The third-order valence-corrected chi connectivity index (χ3v) is 3.07. The highest BCUT2D eigenvalue weighted by atomic mass is 79.9. The highest BCUT2D eigenvalue weighted by Crippen LogP contribution is 2.22. The Morgan fingerprint density at radius 3 is 2.50 bits per heavy atom. The Balaban J connectivity index is 2.08. The molecule has 1 unspecified atom stereocenters. The van der Waals surface area contributed by atoms with Crippen LogP contribution >= 0.6 is 15.9 Å². The van der Waals surface area contributed by atoms with Crippen molar-refractivity contribution in [3.05, 3.63) is 52.2 Å². The van der Waals surface area contributed by atoms with Crippen LogP contribution in [0.1, 0.15) is 29.1 Å². The molecule has 0 aliphatic carbocycles. The second-order valence-electron chi connectivity index (χ2n) is 3.89. The topological polar surface area (TPSA) is 62.5 Å². The minimum atomic E-state index is -1.07. The molecule has 5 heteroatoms. The number of hydrogen-bond acceptors (Lipinski definition) is 3. The summed E-state index contributed by atoms with van der Waals surface area (Å²) in [5.41, 5.74) is 1.09. The van der Waals surface area contributed by atoms with Gasteiger partial charge in [-0.2, -0.15) is 0 Å². The third kappa shape index (κ3) is 2.92. The molecule has 0 spiro atoms. The lowest BCUT2D eigenvalue weighted by Crippen LogP contribution is -2.05. The predicted molar refractivity (Wildman–Crippen MR) is 71.8 cm³/mol. The molecular weight excluding hydrogens is 298 g/mol. The number of nitrogens with one attached hydrogen (secondary N) is 1. The number of hydrogen-bond donors (Lipinski definition) is 2. The maximum Gasteiger partial charge on any atom is 0.371 e. The molecule has 1 atom stereocenters. The van der Waals surface area contributed by atoms with E-state index in [1.54, 1.807) is 6.07 Å². The van der Waals surface area contributed by atoms with Gasteiger partial charge in [-0.1, -0.05) is 28.1 Å². The molecule has 0 saturated carbocycles. The highest BCUT2D eigenvalue weighted by Gasteiger charge is 2.11. The second kappa shape index (κ2) is 5.27. The maximum absolute atomic E-state index is 10.7.